The molecule has 130 valence electrons. The molecule has 6 nitrogen and oxygen atoms in total. The molecule has 0 aromatic carbocycles. The SMILES string of the molecule is Cc1ccoc1C(=O)NCCCNC(=O)CC1CSCCN1.Cl. The van der Waals surface area contributed by atoms with Crippen LogP contribution < -0.4 is 16.0 Å². The number of nitrogens with one attached hydrogen (secondary N) is 3. The van der Waals surface area contributed by atoms with Gasteiger partial charge in [-0.05, 0) is 19.4 Å². The van der Waals surface area contributed by atoms with Crippen molar-refractivity contribution in [1.29, 1.82) is 0 Å². The first-order valence-corrected chi connectivity index (χ1v) is 8.72. The van der Waals surface area contributed by atoms with Crippen molar-refractivity contribution >= 4 is 36.0 Å². The first kappa shape index (κ1) is 19.9. The number of carbonyl (C=O) groups is 2. The van der Waals surface area contributed by atoms with E-state index in [1.165, 1.54) is 6.26 Å². The molecule has 8 heteroatoms. The maximum Gasteiger partial charge on any atom is 0.287 e. The fourth-order valence-electron chi connectivity index (χ4n) is 2.25. The van der Waals surface area contributed by atoms with Crippen molar-refractivity contribution in [2.24, 2.45) is 0 Å². The molecule has 1 saturated heterocycles. The molecule has 0 saturated carbocycles. The predicted octanol–water partition coefficient (Wildman–Crippen LogP) is 1.34. The molecule has 1 aliphatic rings. The zero-order chi connectivity index (χ0) is 15.8. The highest BCUT2D eigenvalue weighted by atomic mass is 35.5. The zero-order valence-corrected chi connectivity index (χ0v) is 14.9. The van der Waals surface area contributed by atoms with Crippen LogP contribution in [0.5, 0.6) is 0 Å². The van der Waals surface area contributed by atoms with Crippen LogP contribution in [0.4, 0.5) is 0 Å². The minimum Gasteiger partial charge on any atom is -0.459 e. The van der Waals surface area contributed by atoms with E-state index in [0.717, 1.165) is 23.6 Å². The minimum absolute atomic E-state index is 0. The van der Waals surface area contributed by atoms with Crippen molar-refractivity contribution in [3.63, 3.8) is 0 Å². The summed E-state index contributed by atoms with van der Waals surface area (Å²) in [5.41, 5.74) is 0.823. The summed E-state index contributed by atoms with van der Waals surface area (Å²) < 4.78 is 5.12. The number of aryl methyl sites for hydroxylation is 1. The lowest BCUT2D eigenvalue weighted by Gasteiger charge is -2.22. The summed E-state index contributed by atoms with van der Waals surface area (Å²) >= 11 is 1.88. The van der Waals surface area contributed by atoms with Crippen LogP contribution in [0.3, 0.4) is 0 Å². The molecule has 0 spiro atoms. The Bertz CT molecular complexity index is 504. The number of amides is 2. The molecule has 1 unspecified atom stereocenters. The first-order chi connectivity index (χ1) is 10.7. The van der Waals surface area contributed by atoms with Gasteiger partial charge in [0, 0.05) is 49.2 Å². The average Bonchev–Trinajstić information content (AvgIpc) is 2.94. The number of furan rings is 1. The number of carbonyl (C=O) groups excluding carboxylic acids is 2. The molecule has 23 heavy (non-hydrogen) atoms. The van der Waals surface area contributed by atoms with Crippen LogP contribution in [0.2, 0.25) is 0 Å². The van der Waals surface area contributed by atoms with Crippen molar-refractivity contribution < 1.29 is 14.0 Å². The largest absolute Gasteiger partial charge is 0.459 e. The van der Waals surface area contributed by atoms with Gasteiger partial charge in [-0.15, -0.1) is 12.4 Å². The summed E-state index contributed by atoms with van der Waals surface area (Å²) in [6.07, 6.45) is 2.72. The summed E-state index contributed by atoms with van der Waals surface area (Å²) in [6.45, 7) is 3.88. The van der Waals surface area contributed by atoms with Gasteiger partial charge in [-0.3, -0.25) is 9.59 Å². The highest BCUT2D eigenvalue weighted by Crippen LogP contribution is 2.10. The second-order valence-electron chi connectivity index (χ2n) is 5.32. The van der Waals surface area contributed by atoms with Gasteiger partial charge in [0.1, 0.15) is 0 Å². The van der Waals surface area contributed by atoms with E-state index in [1.54, 1.807) is 6.07 Å². The molecule has 1 aromatic rings. The van der Waals surface area contributed by atoms with E-state index in [-0.39, 0.29) is 30.3 Å². The van der Waals surface area contributed by atoms with Gasteiger partial charge in [0.15, 0.2) is 5.76 Å². The third-order valence-corrected chi connectivity index (χ3v) is 4.59. The number of rotatable bonds is 7. The van der Waals surface area contributed by atoms with Crippen LogP contribution in [0.15, 0.2) is 16.7 Å². The maximum absolute atomic E-state index is 11.8. The Hall–Kier alpha value is -1.18. The summed E-state index contributed by atoms with van der Waals surface area (Å²) in [4.78, 5) is 23.6. The van der Waals surface area contributed by atoms with E-state index in [2.05, 4.69) is 16.0 Å². The molecular formula is C15H24ClN3O3S. The third-order valence-electron chi connectivity index (χ3n) is 3.46. The van der Waals surface area contributed by atoms with Gasteiger partial charge in [0.05, 0.1) is 6.26 Å². The Kier molecular flexibility index (Phi) is 9.13. The van der Waals surface area contributed by atoms with Crippen LogP contribution in [0.25, 0.3) is 0 Å². The molecule has 3 N–H and O–H groups in total. The number of thioether (sulfide) groups is 1. The Morgan fingerprint density at radius 2 is 2.17 bits per heavy atom. The van der Waals surface area contributed by atoms with Crippen LogP contribution >= 0.6 is 24.2 Å². The Morgan fingerprint density at radius 3 is 2.83 bits per heavy atom. The van der Waals surface area contributed by atoms with Crippen molar-refractivity contribution in [3.05, 3.63) is 23.7 Å². The monoisotopic (exact) mass is 361 g/mol. The van der Waals surface area contributed by atoms with E-state index < -0.39 is 0 Å². The number of halogens is 1. The standard InChI is InChI=1S/C15H23N3O3S.ClH/c1-11-3-7-21-14(11)15(20)18-5-2-4-17-13(19)9-12-10-22-8-6-16-12;/h3,7,12,16H,2,4-6,8-10H2,1H3,(H,17,19)(H,18,20);1H. The maximum atomic E-state index is 11.8. The smallest absolute Gasteiger partial charge is 0.287 e. The molecule has 1 aliphatic heterocycles. The molecule has 0 bridgehead atoms. The van der Waals surface area contributed by atoms with Crippen LogP contribution in [-0.2, 0) is 4.79 Å². The molecule has 1 aromatic heterocycles. The van der Waals surface area contributed by atoms with Crippen LogP contribution in [0.1, 0.15) is 29.0 Å². The summed E-state index contributed by atoms with van der Waals surface area (Å²) in [6, 6.07) is 2.03. The molecule has 0 radical (unpaired) electrons. The summed E-state index contributed by atoms with van der Waals surface area (Å²) in [5.74, 6) is 2.31. The predicted molar refractivity (Wildman–Crippen MR) is 94.4 cm³/mol. The number of hydrogen-bond acceptors (Lipinski definition) is 5. The third kappa shape index (κ3) is 6.85. The van der Waals surface area contributed by atoms with Gasteiger partial charge in [-0.2, -0.15) is 11.8 Å². The molecule has 0 aliphatic carbocycles. The van der Waals surface area contributed by atoms with E-state index in [4.69, 9.17) is 4.42 Å². The summed E-state index contributed by atoms with van der Waals surface area (Å²) in [5, 5.41) is 9.01. The van der Waals surface area contributed by atoms with Gasteiger partial charge in [0.25, 0.3) is 5.91 Å². The molecule has 1 atom stereocenters. The lowest BCUT2D eigenvalue weighted by Crippen LogP contribution is -2.41. The molecule has 1 fully saturated rings. The van der Waals surface area contributed by atoms with Gasteiger partial charge < -0.3 is 20.4 Å². The first-order valence-electron chi connectivity index (χ1n) is 7.57. The quantitative estimate of drug-likeness (QED) is 0.638. The lowest BCUT2D eigenvalue weighted by molar-refractivity contribution is -0.121. The molecule has 2 rings (SSSR count). The van der Waals surface area contributed by atoms with Crippen molar-refractivity contribution in [1.82, 2.24) is 16.0 Å². The van der Waals surface area contributed by atoms with Crippen molar-refractivity contribution in [2.75, 3.05) is 31.1 Å². The second-order valence-corrected chi connectivity index (χ2v) is 6.47. The van der Waals surface area contributed by atoms with Crippen LogP contribution in [-0.4, -0.2) is 49.0 Å². The second kappa shape index (κ2) is 10.6. The number of hydrogen-bond donors (Lipinski definition) is 3. The fraction of sp³-hybridized carbons (Fsp3) is 0.600. The Morgan fingerprint density at radius 1 is 1.39 bits per heavy atom. The van der Waals surface area contributed by atoms with Gasteiger partial charge in [-0.25, -0.2) is 0 Å². The van der Waals surface area contributed by atoms with Gasteiger partial charge >= 0.3 is 0 Å². The van der Waals surface area contributed by atoms with E-state index in [1.807, 2.05) is 18.7 Å². The zero-order valence-electron chi connectivity index (χ0n) is 13.2. The van der Waals surface area contributed by atoms with Gasteiger partial charge in [-0.1, -0.05) is 0 Å². The average molecular weight is 362 g/mol. The Balaban J connectivity index is 0.00000264. The highest BCUT2D eigenvalue weighted by molar-refractivity contribution is 7.99. The molecule has 2 heterocycles. The normalized spacial score (nSPS) is 17.2. The van der Waals surface area contributed by atoms with E-state index in [0.29, 0.717) is 31.7 Å². The topological polar surface area (TPSA) is 83.4 Å². The fourth-order valence-corrected chi connectivity index (χ4v) is 3.20. The van der Waals surface area contributed by atoms with Crippen molar-refractivity contribution in [2.45, 2.75) is 25.8 Å². The van der Waals surface area contributed by atoms with Crippen molar-refractivity contribution in [3.8, 4) is 0 Å². The van der Waals surface area contributed by atoms with Gasteiger partial charge in [0.2, 0.25) is 5.91 Å². The van der Waals surface area contributed by atoms with E-state index >= 15 is 0 Å². The summed E-state index contributed by atoms with van der Waals surface area (Å²) in [7, 11) is 0. The highest BCUT2D eigenvalue weighted by Gasteiger charge is 2.16. The molecular weight excluding hydrogens is 338 g/mol. The lowest BCUT2D eigenvalue weighted by atomic mass is 10.2. The molecule has 2 amide bonds. The van der Waals surface area contributed by atoms with E-state index in [9.17, 15) is 9.59 Å². The minimum atomic E-state index is -0.211. The Labute approximate surface area is 146 Å². The van der Waals surface area contributed by atoms with Crippen LogP contribution in [0, 0.1) is 6.92 Å².